The fraction of sp³-hybridized carbons (Fsp3) is 0.571. The molecule has 0 aromatic heterocycles. The van der Waals surface area contributed by atoms with Gasteiger partial charge in [-0.2, -0.15) is 0 Å². The number of hydrogen-bond donors (Lipinski definition) is 3. The van der Waals surface area contributed by atoms with Crippen LogP contribution in [0.3, 0.4) is 0 Å². The number of aliphatic hydroxyl groups excluding tert-OH is 3. The van der Waals surface area contributed by atoms with Crippen LogP contribution >= 0.6 is 0 Å². The molecule has 1 saturated heterocycles. The van der Waals surface area contributed by atoms with E-state index in [1.165, 1.54) is 0 Å². The highest BCUT2D eigenvalue weighted by molar-refractivity contribution is 5.46. The first-order valence-corrected chi connectivity index (χ1v) is 6.79. The molecule has 7 heteroatoms. The Bertz CT molecular complexity index is 504. The number of fused-ring (bicyclic) bond motifs is 1. The van der Waals surface area contributed by atoms with Crippen LogP contribution in [-0.2, 0) is 4.74 Å². The van der Waals surface area contributed by atoms with Gasteiger partial charge in [0.1, 0.15) is 18.0 Å². The summed E-state index contributed by atoms with van der Waals surface area (Å²) in [4.78, 5) is 0. The predicted octanol–water partition coefficient (Wildman–Crippen LogP) is -0.131. The second-order valence-electron chi connectivity index (χ2n) is 5.20. The molecule has 5 atom stereocenters. The molecule has 21 heavy (non-hydrogen) atoms. The fourth-order valence-corrected chi connectivity index (χ4v) is 2.45. The Morgan fingerprint density at radius 2 is 1.95 bits per heavy atom. The van der Waals surface area contributed by atoms with E-state index >= 15 is 0 Å². The van der Waals surface area contributed by atoms with E-state index in [4.69, 9.17) is 18.9 Å². The number of rotatable bonds is 3. The van der Waals surface area contributed by atoms with Crippen molar-refractivity contribution in [3.8, 4) is 17.2 Å². The van der Waals surface area contributed by atoms with Crippen molar-refractivity contribution >= 4 is 0 Å². The molecule has 7 nitrogen and oxygen atoms in total. The van der Waals surface area contributed by atoms with Crippen LogP contribution in [-0.4, -0.2) is 53.3 Å². The maximum Gasteiger partial charge on any atom is 0.231 e. The Hall–Kier alpha value is -1.54. The SMILES string of the molecule is CC1C(O)[C@@H](Oc2ccc3c(c2)OCO3)OC(CO)[C@H]1O. The van der Waals surface area contributed by atoms with Gasteiger partial charge in [-0.1, -0.05) is 6.92 Å². The van der Waals surface area contributed by atoms with Crippen LogP contribution in [0.15, 0.2) is 18.2 Å². The summed E-state index contributed by atoms with van der Waals surface area (Å²) < 4.78 is 21.5. The third-order valence-electron chi connectivity index (χ3n) is 3.82. The van der Waals surface area contributed by atoms with Crippen LogP contribution in [0.25, 0.3) is 0 Å². The Kier molecular flexibility index (Phi) is 3.90. The molecule has 1 aromatic carbocycles. The standard InChI is InChI=1S/C14H18O7/c1-7-12(16)11(5-15)21-14(13(7)17)20-8-2-3-9-10(4-8)19-6-18-9/h2-4,7,11-17H,5-6H2,1H3/t7?,11?,12-,13?,14-/m0/s1. The molecule has 0 aliphatic carbocycles. The lowest BCUT2D eigenvalue weighted by Gasteiger charge is -2.40. The molecule has 1 aromatic rings. The van der Waals surface area contributed by atoms with E-state index in [0.29, 0.717) is 17.2 Å². The monoisotopic (exact) mass is 298 g/mol. The van der Waals surface area contributed by atoms with Gasteiger partial charge in [0.15, 0.2) is 11.5 Å². The molecule has 0 amide bonds. The first-order valence-electron chi connectivity index (χ1n) is 6.79. The van der Waals surface area contributed by atoms with Crippen LogP contribution in [0, 0.1) is 5.92 Å². The average molecular weight is 298 g/mol. The summed E-state index contributed by atoms with van der Waals surface area (Å²) in [5.41, 5.74) is 0. The summed E-state index contributed by atoms with van der Waals surface area (Å²) >= 11 is 0. The van der Waals surface area contributed by atoms with Crippen molar-refractivity contribution in [1.29, 1.82) is 0 Å². The van der Waals surface area contributed by atoms with Gasteiger partial charge in [-0.3, -0.25) is 0 Å². The molecule has 2 heterocycles. The lowest BCUT2D eigenvalue weighted by Crippen LogP contribution is -2.56. The van der Waals surface area contributed by atoms with Crippen LogP contribution in [0.4, 0.5) is 0 Å². The lowest BCUT2D eigenvalue weighted by molar-refractivity contribution is -0.260. The zero-order valence-corrected chi connectivity index (χ0v) is 11.5. The summed E-state index contributed by atoms with van der Waals surface area (Å²) in [6.07, 6.45) is -3.71. The Labute approximate surface area is 121 Å². The van der Waals surface area contributed by atoms with E-state index < -0.39 is 30.5 Å². The Morgan fingerprint density at radius 3 is 2.71 bits per heavy atom. The number of benzene rings is 1. The Balaban J connectivity index is 1.74. The van der Waals surface area contributed by atoms with Gasteiger partial charge in [-0.15, -0.1) is 0 Å². The van der Waals surface area contributed by atoms with Gasteiger partial charge in [0.2, 0.25) is 13.1 Å². The summed E-state index contributed by atoms with van der Waals surface area (Å²) in [5, 5.41) is 29.2. The van der Waals surface area contributed by atoms with Gasteiger partial charge in [-0.05, 0) is 12.1 Å². The summed E-state index contributed by atoms with van der Waals surface area (Å²) in [6.45, 7) is 1.49. The van der Waals surface area contributed by atoms with Crippen LogP contribution in [0.2, 0.25) is 0 Å². The minimum Gasteiger partial charge on any atom is -0.462 e. The van der Waals surface area contributed by atoms with E-state index in [0.717, 1.165) is 0 Å². The van der Waals surface area contributed by atoms with Gasteiger partial charge in [0.25, 0.3) is 0 Å². The highest BCUT2D eigenvalue weighted by atomic mass is 16.7. The second kappa shape index (κ2) is 5.69. The lowest BCUT2D eigenvalue weighted by atomic mass is 9.91. The maximum absolute atomic E-state index is 10.1. The summed E-state index contributed by atoms with van der Waals surface area (Å²) in [6, 6.07) is 5.02. The number of ether oxygens (including phenoxy) is 4. The van der Waals surface area contributed by atoms with Crippen molar-refractivity contribution in [1.82, 2.24) is 0 Å². The highest BCUT2D eigenvalue weighted by Gasteiger charge is 2.43. The van der Waals surface area contributed by atoms with Crippen molar-refractivity contribution < 1.29 is 34.3 Å². The molecule has 3 N–H and O–H groups in total. The van der Waals surface area contributed by atoms with Crippen molar-refractivity contribution in [2.24, 2.45) is 5.92 Å². The third kappa shape index (κ3) is 2.65. The molecule has 0 bridgehead atoms. The van der Waals surface area contributed by atoms with Crippen LogP contribution in [0.5, 0.6) is 17.2 Å². The average Bonchev–Trinajstić information content (AvgIpc) is 2.95. The van der Waals surface area contributed by atoms with Gasteiger partial charge in [0, 0.05) is 12.0 Å². The molecule has 2 aliphatic heterocycles. The first kappa shape index (κ1) is 14.4. The Morgan fingerprint density at radius 1 is 1.19 bits per heavy atom. The van der Waals surface area contributed by atoms with Gasteiger partial charge < -0.3 is 34.3 Å². The molecule has 0 saturated carbocycles. The van der Waals surface area contributed by atoms with E-state index in [9.17, 15) is 15.3 Å². The summed E-state index contributed by atoms with van der Waals surface area (Å²) in [7, 11) is 0. The van der Waals surface area contributed by atoms with Gasteiger partial charge in [0.05, 0.1) is 12.7 Å². The quantitative estimate of drug-likeness (QED) is 0.715. The van der Waals surface area contributed by atoms with Gasteiger partial charge >= 0.3 is 0 Å². The van der Waals surface area contributed by atoms with E-state index in [1.54, 1.807) is 25.1 Å². The van der Waals surface area contributed by atoms with Crippen molar-refractivity contribution in [3.05, 3.63) is 18.2 Å². The fourth-order valence-electron chi connectivity index (χ4n) is 2.45. The topological polar surface area (TPSA) is 97.6 Å². The summed E-state index contributed by atoms with van der Waals surface area (Å²) in [5.74, 6) is 1.16. The zero-order chi connectivity index (χ0) is 15.0. The molecule has 1 fully saturated rings. The smallest absolute Gasteiger partial charge is 0.231 e. The van der Waals surface area contributed by atoms with Crippen LogP contribution < -0.4 is 14.2 Å². The molecule has 116 valence electrons. The van der Waals surface area contributed by atoms with Crippen LogP contribution in [0.1, 0.15) is 6.92 Å². The van der Waals surface area contributed by atoms with E-state index in [1.807, 2.05) is 0 Å². The number of aliphatic hydroxyl groups is 3. The highest BCUT2D eigenvalue weighted by Crippen LogP contribution is 2.36. The second-order valence-corrected chi connectivity index (χ2v) is 5.20. The van der Waals surface area contributed by atoms with Crippen molar-refractivity contribution in [3.63, 3.8) is 0 Å². The molecule has 2 aliphatic rings. The minimum absolute atomic E-state index is 0.164. The third-order valence-corrected chi connectivity index (χ3v) is 3.82. The molecule has 3 unspecified atom stereocenters. The molecule has 0 radical (unpaired) electrons. The van der Waals surface area contributed by atoms with Gasteiger partial charge in [-0.25, -0.2) is 0 Å². The minimum atomic E-state index is -1.01. The molecular formula is C14H18O7. The molecular weight excluding hydrogens is 280 g/mol. The van der Waals surface area contributed by atoms with Crippen molar-refractivity contribution in [2.75, 3.05) is 13.4 Å². The molecule has 0 spiro atoms. The maximum atomic E-state index is 10.1. The zero-order valence-electron chi connectivity index (χ0n) is 11.5. The predicted molar refractivity (Wildman–Crippen MR) is 70.1 cm³/mol. The molecule has 3 rings (SSSR count). The first-order chi connectivity index (χ1) is 10.1. The van der Waals surface area contributed by atoms with E-state index in [2.05, 4.69) is 0 Å². The number of hydrogen-bond acceptors (Lipinski definition) is 7. The van der Waals surface area contributed by atoms with E-state index in [-0.39, 0.29) is 13.4 Å². The van der Waals surface area contributed by atoms with Crippen molar-refractivity contribution in [2.45, 2.75) is 31.5 Å². The normalized spacial score (nSPS) is 34.8. The largest absolute Gasteiger partial charge is 0.462 e.